The van der Waals surface area contributed by atoms with Gasteiger partial charge in [0, 0.05) is 6.08 Å². The Bertz CT molecular complexity index is 543. The van der Waals surface area contributed by atoms with Crippen LogP contribution < -0.4 is 4.74 Å². The van der Waals surface area contributed by atoms with Crippen LogP contribution in [0.1, 0.15) is 5.56 Å². The monoisotopic (exact) mass is 349 g/mol. The minimum Gasteiger partial charge on any atom is -0.439 e. The number of nitrogens with zero attached hydrogens (tertiary/aromatic N) is 1. The van der Waals surface area contributed by atoms with Gasteiger partial charge in [-0.25, -0.2) is 5.06 Å². The minimum atomic E-state index is -4.40. The van der Waals surface area contributed by atoms with Crippen molar-refractivity contribution in [2.24, 2.45) is 0 Å². The lowest BCUT2D eigenvalue weighted by atomic mass is 10.2. The summed E-state index contributed by atoms with van der Waals surface area (Å²) in [5, 5.41) is 1.39. The maximum atomic E-state index is 12.6. The summed E-state index contributed by atoms with van der Waals surface area (Å²) in [6.45, 7) is 0. The van der Waals surface area contributed by atoms with Crippen molar-refractivity contribution < 1.29 is 22.7 Å². The topological polar surface area (TPSA) is 21.7 Å². The zero-order chi connectivity index (χ0) is 14.8. The second-order valence-electron chi connectivity index (χ2n) is 3.90. The average Bonchev–Trinajstić information content (AvgIpc) is 2.38. The molecule has 0 aliphatic carbocycles. The van der Waals surface area contributed by atoms with Crippen LogP contribution in [0.4, 0.5) is 13.2 Å². The first-order valence-electron chi connectivity index (χ1n) is 5.63. The van der Waals surface area contributed by atoms with Crippen LogP contribution in [0.3, 0.4) is 0 Å². The third-order valence-corrected chi connectivity index (χ3v) is 3.21. The zero-order valence-electron chi connectivity index (χ0n) is 10.4. The summed E-state index contributed by atoms with van der Waals surface area (Å²) in [5.74, 6) is 0.374. The highest BCUT2D eigenvalue weighted by atomic mass is 79.9. The zero-order valence-corrected chi connectivity index (χ0v) is 12.0. The third kappa shape index (κ3) is 3.34. The van der Waals surface area contributed by atoms with Crippen molar-refractivity contribution in [3.8, 4) is 5.75 Å². The van der Waals surface area contributed by atoms with E-state index in [0.717, 1.165) is 12.1 Å². The number of halogens is 4. The van der Waals surface area contributed by atoms with Crippen molar-refractivity contribution in [3.05, 3.63) is 53.9 Å². The summed E-state index contributed by atoms with van der Waals surface area (Å²) in [5.41, 5.74) is -0.763. The summed E-state index contributed by atoms with van der Waals surface area (Å²) in [4.78, 5) is 4.85. The molecule has 1 aliphatic rings. The molecule has 1 aromatic carbocycles. The minimum absolute atomic E-state index is 0.0862. The molecule has 7 heteroatoms. The normalized spacial score (nSPS) is 18.9. The molecule has 0 saturated carbocycles. The number of alkyl halides is 4. The van der Waals surface area contributed by atoms with Crippen LogP contribution in [0, 0.1) is 0 Å². The summed E-state index contributed by atoms with van der Waals surface area (Å²) in [7, 11) is 1.44. The molecule has 0 saturated heterocycles. The molecule has 1 atom stereocenters. The molecular weight excluding hydrogens is 339 g/mol. The molecule has 0 N–H and O–H groups in total. The van der Waals surface area contributed by atoms with Crippen molar-refractivity contribution in [1.82, 2.24) is 5.06 Å². The Hall–Kier alpha value is -1.47. The highest BCUT2D eigenvalue weighted by Crippen LogP contribution is 2.32. The molecule has 108 valence electrons. The first-order valence-corrected chi connectivity index (χ1v) is 6.54. The Morgan fingerprint density at radius 1 is 1.30 bits per heavy atom. The smallest absolute Gasteiger partial charge is 0.416 e. The van der Waals surface area contributed by atoms with Gasteiger partial charge in [-0.05, 0) is 24.3 Å². The van der Waals surface area contributed by atoms with Gasteiger partial charge in [-0.15, -0.1) is 0 Å². The molecule has 1 aliphatic heterocycles. The fraction of sp³-hybridized carbons (Fsp3) is 0.231. The molecule has 0 bridgehead atoms. The lowest BCUT2D eigenvalue weighted by Gasteiger charge is -2.28. The Morgan fingerprint density at radius 2 is 2.05 bits per heavy atom. The molecule has 0 spiro atoms. The standard InChI is InChI=1S/C13H11BrF3NO2/c1-19-18-11(14)6-3-7-12(18)20-10-5-2-4-9(8-10)13(15,16)17/h2-8,11H,1H3. The van der Waals surface area contributed by atoms with Crippen molar-refractivity contribution >= 4 is 15.9 Å². The lowest BCUT2D eigenvalue weighted by molar-refractivity contribution is -0.138. The van der Waals surface area contributed by atoms with Gasteiger partial charge >= 0.3 is 6.18 Å². The highest BCUT2D eigenvalue weighted by Gasteiger charge is 2.31. The number of rotatable bonds is 3. The SMILES string of the molecule is CON1C(Oc2cccc(C(F)(F)F)c2)=CC=CC1Br. The molecule has 1 heterocycles. The maximum Gasteiger partial charge on any atom is 0.416 e. The Kier molecular flexibility index (Phi) is 4.39. The van der Waals surface area contributed by atoms with Crippen molar-refractivity contribution in [1.29, 1.82) is 0 Å². The predicted molar refractivity (Wildman–Crippen MR) is 70.9 cm³/mol. The average molecular weight is 350 g/mol. The van der Waals surface area contributed by atoms with E-state index >= 15 is 0 Å². The number of hydrogen-bond donors (Lipinski definition) is 0. The van der Waals surface area contributed by atoms with Crippen molar-refractivity contribution in [3.63, 3.8) is 0 Å². The first-order chi connectivity index (χ1) is 9.41. The van der Waals surface area contributed by atoms with Crippen LogP contribution in [-0.2, 0) is 11.0 Å². The molecule has 20 heavy (non-hydrogen) atoms. The van der Waals surface area contributed by atoms with Crippen LogP contribution in [0.15, 0.2) is 48.4 Å². The fourth-order valence-corrected chi connectivity index (χ4v) is 2.17. The van der Waals surface area contributed by atoms with Gasteiger partial charge in [0.25, 0.3) is 0 Å². The van der Waals surface area contributed by atoms with Crippen LogP contribution in [-0.4, -0.2) is 17.1 Å². The highest BCUT2D eigenvalue weighted by molar-refractivity contribution is 9.09. The number of allylic oxidation sites excluding steroid dienone is 2. The van der Waals surface area contributed by atoms with E-state index in [1.807, 2.05) is 0 Å². The second kappa shape index (κ2) is 5.88. The Morgan fingerprint density at radius 3 is 2.70 bits per heavy atom. The lowest BCUT2D eigenvalue weighted by Crippen LogP contribution is -2.32. The van der Waals surface area contributed by atoms with Gasteiger partial charge in [0.1, 0.15) is 10.7 Å². The van der Waals surface area contributed by atoms with Gasteiger partial charge in [0.15, 0.2) is 0 Å². The molecular formula is C13H11BrF3NO2. The molecule has 0 aromatic heterocycles. The van der Waals surface area contributed by atoms with Crippen LogP contribution in [0.25, 0.3) is 0 Å². The number of hydrogen-bond acceptors (Lipinski definition) is 3. The van der Waals surface area contributed by atoms with Crippen LogP contribution >= 0.6 is 15.9 Å². The fourth-order valence-electron chi connectivity index (χ4n) is 1.63. The van der Waals surface area contributed by atoms with Crippen molar-refractivity contribution in [2.45, 2.75) is 11.1 Å². The number of hydroxylamine groups is 2. The molecule has 2 rings (SSSR count). The van der Waals surface area contributed by atoms with Gasteiger partial charge in [0.2, 0.25) is 5.88 Å². The third-order valence-electron chi connectivity index (χ3n) is 2.53. The number of ether oxygens (including phenoxy) is 1. The first kappa shape index (κ1) is 14.9. The predicted octanol–water partition coefficient (Wildman–Crippen LogP) is 4.08. The van der Waals surface area contributed by atoms with Gasteiger partial charge in [0.05, 0.1) is 12.7 Å². The molecule has 1 aromatic rings. The maximum absolute atomic E-state index is 12.6. The van der Waals surface area contributed by atoms with Crippen molar-refractivity contribution in [2.75, 3.05) is 7.11 Å². The second-order valence-corrected chi connectivity index (χ2v) is 4.84. The van der Waals surface area contributed by atoms with Crippen LogP contribution in [0.2, 0.25) is 0 Å². The summed E-state index contributed by atoms with van der Waals surface area (Å²) < 4.78 is 43.3. The Balaban J connectivity index is 2.22. The molecule has 0 amide bonds. The molecule has 0 radical (unpaired) electrons. The van der Waals surface area contributed by atoms with E-state index in [1.54, 1.807) is 18.2 Å². The van der Waals surface area contributed by atoms with E-state index in [4.69, 9.17) is 9.57 Å². The van der Waals surface area contributed by atoms with E-state index in [0.29, 0.717) is 0 Å². The summed E-state index contributed by atoms with van der Waals surface area (Å²) in [6, 6.07) is 4.67. The van der Waals surface area contributed by atoms with E-state index in [2.05, 4.69) is 15.9 Å². The van der Waals surface area contributed by atoms with Gasteiger partial charge in [-0.3, -0.25) is 4.84 Å². The summed E-state index contributed by atoms with van der Waals surface area (Å²) >= 11 is 3.33. The molecule has 0 fully saturated rings. The molecule has 3 nitrogen and oxygen atoms in total. The van der Waals surface area contributed by atoms with E-state index in [9.17, 15) is 13.2 Å². The largest absolute Gasteiger partial charge is 0.439 e. The Labute approximate surface area is 122 Å². The van der Waals surface area contributed by atoms with E-state index in [1.165, 1.54) is 24.3 Å². The van der Waals surface area contributed by atoms with Gasteiger partial charge in [-0.2, -0.15) is 13.2 Å². The van der Waals surface area contributed by atoms with E-state index < -0.39 is 11.7 Å². The summed E-state index contributed by atoms with van der Waals surface area (Å²) in [6.07, 6.45) is 0.709. The van der Waals surface area contributed by atoms with Gasteiger partial charge in [-0.1, -0.05) is 28.1 Å². The molecule has 1 unspecified atom stereocenters. The number of benzene rings is 1. The quantitative estimate of drug-likeness (QED) is 0.606. The van der Waals surface area contributed by atoms with E-state index in [-0.39, 0.29) is 16.6 Å². The van der Waals surface area contributed by atoms with Crippen LogP contribution in [0.5, 0.6) is 5.75 Å². The van der Waals surface area contributed by atoms with Gasteiger partial charge < -0.3 is 4.74 Å².